The fraction of sp³-hybridized carbons (Fsp3) is 0.500. The summed E-state index contributed by atoms with van der Waals surface area (Å²) in [4.78, 5) is 25.4. The van der Waals surface area contributed by atoms with Crippen molar-refractivity contribution in [2.75, 3.05) is 6.54 Å². The second-order valence-electron chi connectivity index (χ2n) is 6.13. The fourth-order valence-corrected chi connectivity index (χ4v) is 3.63. The molecule has 1 amide bonds. The highest BCUT2D eigenvalue weighted by Gasteiger charge is 2.61. The first-order valence-corrected chi connectivity index (χ1v) is 7.24. The molecule has 5 nitrogen and oxygen atoms in total. The van der Waals surface area contributed by atoms with Crippen LogP contribution in [0.5, 0.6) is 0 Å². The summed E-state index contributed by atoms with van der Waals surface area (Å²) >= 11 is 0. The summed E-state index contributed by atoms with van der Waals surface area (Å²) in [7, 11) is 0. The smallest absolute Gasteiger partial charge is 0.411 e. The monoisotopic (exact) mass is 289 g/mol. The molecule has 1 aromatic carbocycles. The summed E-state index contributed by atoms with van der Waals surface area (Å²) in [6.45, 7) is 2.72. The lowest BCUT2D eigenvalue weighted by atomic mass is 9.92. The van der Waals surface area contributed by atoms with Crippen molar-refractivity contribution in [2.45, 2.75) is 31.9 Å². The van der Waals surface area contributed by atoms with Gasteiger partial charge < -0.3 is 9.84 Å². The number of carbonyl (C=O) groups excluding carboxylic acids is 1. The molecule has 1 aliphatic heterocycles. The Bertz CT molecular complexity index is 555. The van der Waals surface area contributed by atoms with E-state index in [-0.39, 0.29) is 12.5 Å². The zero-order valence-electron chi connectivity index (χ0n) is 12.0. The average molecular weight is 289 g/mol. The summed E-state index contributed by atoms with van der Waals surface area (Å²) in [6, 6.07) is 9.39. The zero-order chi connectivity index (χ0) is 15.0. The minimum Gasteiger partial charge on any atom is -0.479 e. The van der Waals surface area contributed by atoms with Crippen LogP contribution in [0.25, 0.3) is 0 Å². The third-order valence-electron chi connectivity index (χ3n) is 4.82. The number of rotatable bonds is 3. The summed E-state index contributed by atoms with van der Waals surface area (Å²) < 4.78 is 5.30. The summed E-state index contributed by atoms with van der Waals surface area (Å²) in [6.07, 6.45) is 0.549. The van der Waals surface area contributed by atoms with Gasteiger partial charge in [0.05, 0.1) is 0 Å². The quantitative estimate of drug-likeness (QED) is 0.928. The number of nitrogens with zero attached hydrogens (tertiary/aromatic N) is 1. The predicted octanol–water partition coefficient (Wildman–Crippen LogP) is 2.51. The van der Waals surface area contributed by atoms with Crippen molar-refractivity contribution in [1.82, 2.24) is 4.90 Å². The number of piperidine rings is 1. The lowest BCUT2D eigenvalue weighted by Gasteiger charge is -2.36. The minimum atomic E-state index is -1.06. The Labute approximate surface area is 123 Å². The number of hydrogen-bond acceptors (Lipinski definition) is 3. The maximum Gasteiger partial charge on any atom is 0.411 e. The van der Waals surface area contributed by atoms with Crippen molar-refractivity contribution in [1.29, 1.82) is 0 Å². The molecular formula is C16H19NO4. The van der Waals surface area contributed by atoms with Crippen molar-refractivity contribution in [3.63, 3.8) is 0 Å². The van der Waals surface area contributed by atoms with Gasteiger partial charge in [0.2, 0.25) is 0 Å². The highest BCUT2D eigenvalue weighted by atomic mass is 16.6. The summed E-state index contributed by atoms with van der Waals surface area (Å²) in [5, 5.41) is 9.56. The second-order valence-corrected chi connectivity index (χ2v) is 6.13. The van der Waals surface area contributed by atoms with Crippen LogP contribution in [0.1, 0.15) is 25.3 Å². The van der Waals surface area contributed by atoms with Gasteiger partial charge in [-0.05, 0) is 30.2 Å². The molecule has 0 aromatic heterocycles. The zero-order valence-corrected chi connectivity index (χ0v) is 12.0. The van der Waals surface area contributed by atoms with Crippen LogP contribution in [0.3, 0.4) is 0 Å². The molecule has 3 rings (SSSR count). The van der Waals surface area contributed by atoms with Crippen molar-refractivity contribution in [2.24, 2.45) is 11.8 Å². The molecule has 1 saturated carbocycles. The molecule has 1 saturated heterocycles. The third kappa shape index (κ3) is 2.26. The van der Waals surface area contributed by atoms with E-state index >= 15 is 0 Å². The largest absolute Gasteiger partial charge is 0.479 e. The van der Waals surface area contributed by atoms with Crippen LogP contribution in [-0.2, 0) is 16.1 Å². The fourth-order valence-electron chi connectivity index (χ4n) is 3.63. The van der Waals surface area contributed by atoms with E-state index in [0.29, 0.717) is 25.3 Å². The molecule has 1 aliphatic carbocycles. The Morgan fingerprint density at radius 2 is 2.05 bits per heavy atom. The molecule has 1 aromatic rings. The van der Waals surface area contributed by atoms with E-state index in [9.17, 15) is 14.7 Å². The van der Waals surface area contributed by atoms with Crippen LogP contribution in [0, 0.1) is 11.8 Å². The SMILES string of the molecule is C[C@@H]1C[C@@]2(C(=O)O)CC1CN2C(=O)OCc1ccccc1. The molecule has 5 heteroatoms. The first-order chi connectivity index (χ1) is 10.0. The maximum absolute atomic E-state index is 12.3. The highest BCUT2D eigenvalue weighted by molar-refractivity contribution is 5.86. The molecule has 2 bridgehead atoms. The van der Waals surface area contributed by atoms with Gasteiger partial charge in [-0.2, -0.15) is 0 Å². The van der Waals surface area contributed by atoms with Gasteiger partial charge in [0, 0.05) is 6.54 Å². The molecule has 3 atom stereocenters. The number of likely N-dealkylation sites (tertiary alicyclic amines) is 1. The van der Waals surface area contributed by atoms with Gasteiger partial charge in [-0.25, -0.2) is 9.59 Å². The molecule has 0 spiro atoms. The minimum absolute atomic E-state index is 0.173. The van der Waals surface area contributed by atoms with E-state index in [4.69, 9.17) is 4.74 Å². The van der Waals surface area contributed by atoms with Crippen LogP contribution in [0.2, 0.25) is 0 Å². The topological polar surface area (TPSA) is 66.8 Å². The second kappa shape index (κ2) is 5.06. The number of benzene rings is 1. The van der Waals surface area contributed by atoms with Crippen molar-refractivity contribution in [3.05, 3.63) is 35.9 Å². The van der Waals surface area contributed by atoms with Crippen LogP contribution in [0.15, 0.2) is 30.3 Å². The van der Waals surface area contributed by atoms with E-state index in [1.165, 1.54) is 4.90 Å². The van der Waals surface area contributed by atoms with E-state index in [1.807, 2.05) is 30.3 Å². The number of carboxylic acids is 1. The number of hydrogen-bond donors (Lipinski definition) is 1. The van der Waals surface area contributed by atoms with Gasteiger partial charge in [-0.15, -0.1) is 0 Å². The Morgan fingerprint density at radius 1 is 1.33 bits per heavy atom. The van der Waals surface area contributed by atoms with E-state index in [1.54, 1.807) is 0 Å². The van der Waals surface area contributed by atoms with Crippen LogP contribution >= 0.6 is 0 Å². The van der Waals surface area contributed by atoms with Crippen LogP contribution in [0.4, 0.5) is 4.79 Å². The molecule has 0 radical (unpaired) electrons. The average Bonchev–Trinajstić information content (AvgIpc) is 3.02. The molecule has 2 fully saturated rings. The summed E-state index contributed by atoms with van der Waals surface area (Å²) in [5.41, 5.74) is -0.161. The van der Waals surface area contributed by atoms with Gasteiger partial charge in [-0.1, -0.05) is 37.3 Å². The highest BCUT2D eigenvalue weighted by Crippen LogP contribution is 2.50. The normalized spacial score (nSPS) is 30.4. The number of amides is 1. The molecule has 21 heavy (non-hydrogen) atoms. The molecular weight excluding hydrogens is 270 g/mol. The number of aliphatic carboxylic acids is 1. The third-order valence-corrected chi connectivity index (χ3v) is 4.82. The van der Waals surface area contributed by atoms with Gasteiger partial charge in [0.1, 0.15) is 12.1 Å². The van der Waals surface area contributed by atoms with Gasteiger partial charge in [0.25, 0.3) is 0 Å². The Hall–Kier alpha value is -2.04. The van der Waals surface area contributed by atoms with Crippen LogP contribution < -0.4 is 0 Å². The van der Waals surface area contributed by atoms with Gasteiger partial charge >= 0.3 is 12.1 Å². The van der Waals surface area contributed by atoms with E-state index < -0.39 is 17.6 Å². The van der Waals surface area contributed by atoms with Crippen molar-refractivity contribution >= 4 is 12.1 Å². The first-order valence-electron chi connectivity index (χ1n) is 7.24. The number of carbonyl (C=O) groups is 2. The van der Waals surface area contributed by atoms with Gasteiger partial charge in [-0.3, -0.25) is 4.90 Å². The lowest BCUT2D eigenvalue weighted by Crippen LogP contribution is -2.54. The van der Waals surface area contributed by atoms with E-state index in [0.717, 1.165) is 5.56 Å². The Balaban J connectivity index is 1.69. The predicted molar refractivity (Wildman–Crippen MR) is 75.6 cm³/mol. The Morgan fingerprint density at radius 3 is 2.67 bits per heavy atom. The first kappa shape index (κ1) is 13.9. The standard InChI is InChI=1S/C16H19NO4/c1-11-7-16(14(18)19)8-13(11)9-17(16)15(20)21-10-12-5-3-2-4-6-12/h2-6,11,13H,7-10H2,1H3,(H,18,19)/t11-,13?,16+/m1/s1. The molecule has 1 N–H and O–H groups in total. The Kier molecular flexibility index (Phi) is 3.35. The maximum atomic E-state index is 12.3. The number of carboxylic acid groups (broad SMARTS) is 1. The van der Waals surface area contributed by atoms with E-state index in [2.05, 4.69) is 6.92 Å². The number of ether oxygens (including phenoxy) is 1. The molecule has 2 aliphatic rings. The van der Waals surface area contributed by atoms with Crippen LogP contribution in [-0.4, -0.2) is 34.2 Å². The number of fused-ring (bicyclic) bond motifs is 2. The molecule has 1 unspecified atom stereocenters. The van der Waals surface area contributed by atoms with Gasteiger partial charge in [0.15, 0.2) is 0 Å². The lowest BCUT2D eigenvalue weighted by molar-refractivity contribution is -0.149. The molecule has 1 heterocycles. The van der Waals surface area contributed by atoms with Crippen molar-refractivity contribution < 1.29 is 19.4 Å². The molecule has 112 valence electrons. The summed E-state index contributed by atoms with van der Waals surface area (Å²) in [5.74, 6) is -0.296. The van der Waals surface area contributed by atoms with Crippen molar-refractivity contribution in [3.8, 4) is 0 Å².